The van der Waals surface area contributed by atoms with Crippen LogP contribution in [0.4, 0.5) is 5.69 Å². The Balaban J connectivity index is 1.53. The van der Waals surface area contributed by atoms with Gasteiger partial charge in [0.1, 0.15) is 11.5 Å². The van der Waals surface area contributed by atoms with Crippen LogP contribution in [0.1, 0.15) is 44.6 Å². The quantitative estimate of drug-likeness (QED) is 0.728. The standard InChI is InChI=1S/C22H27NO3/c1-2-25-21-13-6-5-12-20(21)23-22(24)15-14-17-8-7-11-19(16-17)26-18-9-3-4-10-18/h5-8,11-13,16,18H,2-4,9-10,14-15H2,1H3,(H,23,24). The first-order valence-corrected chi connectivity index (χ1v) is 9.52. The largest absolute Gasteiger partial charge is 0.492 e. The second-order valence-corrected chi connectivity index (χ2v) is 6.65. The van der Waals surface area contributed by atoms with Crippen LogP contribution in [0, 0.1) is 0 Å². The fraction of sp³-hybridized carbons (Fsp3) is 0.409. The Bertz CT molecular complexity index is 723. The van der Waals surface area contributed by atoms with Crippen molar-refractivity contribution in [2.24, 2.45) is 0 Å². The van der Waals surface area contributed by atoms with Crippen LogP contribution in [0.3, 0.4) is 0 Å². The summed E-state index contributed by atoms with van der Waals surface area (Å²) >= 11 is 0. The van der Waals surface area contributed by atoms with E-state index in [2.05, 4.69) is 11.4 Å². The molecule has 4 heteroatoms. The highest BCUT2D eigenvalue weighted by Crippen LogP contribution is 2.26. The van der Waals surface area contributed by atoms with Crippen molar-refractivity contribution in [1.29, 1.82) is 0 Å². The number of nitrogens with one attached hydrogen (secondary N) is 1. The molecule has 0 aliphatic heterocycles. The Morgan fingerprint density at radius 1 is 1.12 bits per heavy atom. The minimum atomic E-state index is -0.0146. The summed E-state index contributed by atoms with van der Waals surface area (Å²) < 4.78 is 11.6. The Kier molecular flexibility index (Phi) is 6.53. The normalized spacial score (nSPS) is 14.2. The Hall–Kier alpha value is -2.49. The zero-order valence-electron chi connectivity index (χ0n) is 15.4. The Morgan fingerprint density at radius 2 is 1.92 bits per heavy atom. The molecule has 0 unspecified atom stereocenters. The molecule has 2 aromatic carbocycles. The average molecular weight is 353 g/mol. The molecule has 0 bridgehead atoms. The molecule has 1 amide bonds. The molecule has 0 heterocycles. The number of hydrogen-bond donors (Lipinski definition) is 1. The first-order chi connectivity index (χ1) is 12.7. The maximum atomic E-state index is 12.3. The summed E-state index contributed by atoms with van der Waals surface area (Å²) in [5.74, 6) is 1.60. The molecule has 0 atom stereocenters. The van der Waals surface area contributed by atoms with Crippen molar-refractivity contribution >= 4 is 11.6 Å². The third-order valence-corrected chi connectivity index (χ3v) is 4.61. The summed E-state index contributed by atoms with van der Waals surface area (Å²) in [5, 5.41) is 2.94. The van der Waals surface area contributed by atoms with Gasteiger partial charge >= 0.3 is 0 Å². The zero-order chi connectivity index (χ0) is 18.2. The molecule has 1 saturated carbocycles. The van der Waals surface area contributed by atoms with Gasteiger partial charge in [-0.2, -0.15) is 0 Å². The minimum absolute atomic E-state index is 0.0146. The van der Waals surface area contributed by atoms with Gasteiger partial charge in [0.15, 0.2) is 0 Å². The van der Waals surface area contributed by atoms with E-state index in [-0.39, 0.29) is 5.91 Å². The van der Waals surface area contributed by atoms with Crippen LogP contribution in [0.25, 0.3) is 0 Å². The minimum Gasteiger partial charge on any atom is -0.492 e. The predicted molar refractivity (Wildman–Crippen MR) is 104 cm³/mol. The van der Waals surface area contributed by atoms with Crippen LogP contribution in [0.5, 0.6) is 11.5 Å². The van der Waals surface area contributed by atoms with E-state index in [1.807, 2.05) is 49.4 Å². The fourth-order valence-corrected chi connectivity index (χ4v) is 3.29. The molecule has 1 aliphatic rings. The monoisotopic (exact) mass is 353 g/mol. The van der Waals surface area contributed by atoms with Crippen molar-refractivity contribution in [3.8, 4) is 11.5 Å². The summed E-state index contributed by atoms with van der Waals surface area (Å²) in [6.07, 6.45) is 6.26. The van der Waals surface area contributed by atoms with E-state index in [0.717, 1.165) is 29.8 Å². The van der Waals surface area contributed by atoms with Gasteiger partial charge in [0.05, 0.1) is 18.4 Å². The highest BCUT2D eigenvalue weighted by molar-refractivity contribution is 5.92. The van der Waals surface area contributed by atoms with Crippen molar-refractivity contribution in [1.82, 2.24) is 0 Å². The molecule has 0 spiro atoms. The van der Waals surface area contributed by atoms with Gasteiger partial charge in [-0.25, -0.2) is 0 Å². The summed E-state index contributed by atoms with van der Waals surface area (Å²) in [4.78, 5) is 12.3. The highest BCUT2D eigenvalue weighted by atomic mass is 16.5. The lowest BCUT2D eigenvalue weighted by atomic mass is 10.1. The molecule has 4 nitrogen and oxygen atoms in total. The predicted octanol–water partition coefficient (Wildman–Crippen LogP) is 4.98. The van der Waals surface area contributed by atoms with Crippen LogP contribution in [-0.2, 0) is 11.2 Å². The lowest BCUT2D eigenvalue weighted by Crippen LogP contribution is -2.13. The molecule has 1 fully saturated rings. The number of rotatable bonds is 8. The fourth-order valence-electron chi connectivity index (χ4n) is 3.29. The van der Waals surface area contributed by atoms with Crippen LogP contribution < -0.4 is 14.8 Å². The van der Waals surface area contributed by atoms with Crippen molar-refractivity contribution in [2.45, 2.75) is 51.6 Å². The van der Waals surface area contributed by atoms with Gasteiger partial charge in [0, 0.05) is 6.42 Å². The van der Waals surface area contributed by atoms with Crippen LogP contribution >= 0.6 is 0 Å². The number of carbonyl (C=O) groups excluding carboxylic acids is 1. The first kappa shape index (κ1) is 18.3. The van der Waals surface area contributed by atoms with E-state index in [1.165, 1.54) is 12.8 Å². The molecule has 26 heavy (non-hydrogen) atoms. The summed E-state index contributed by atoms with van der Waals surface area (Å²) in [6.45, 7) is 2.50. The third kappa shape index (κ3) is 5.25. The molecular weight excluding hydrogens is 326 g/mol. The van der Waals surface area contributed by atoms with Crippen molar-refractivity contribution < 1.29 is 14.3 Å². The van der Waals surface area contributed by atoms with Crippen LogP contribution in [-0.4, -0.2) is 18.6 Å². The average Bonchev–Trinajstić information content (AvgIpc) is 3.15. The molecule has 0 aromatic heterocycles. The molecule has 0 saturated heterocycles. The number of benzene rings is 2. The van der Waals surface area contributed by atoms with Gasteiger partial charge < -0.3 is 14.8 Å². The number of aryl methyl sites for hydroxylation is 1. The van der Waals surface area contributed by atoms with Gasteiger partial charge in [-0.15, -0.1) is 0 Å². The number of amides is 1. The van der Waals surface area contributed by atoms with E-state index in [0.29, 0.717) is 31.3 Å². The van der Waals surface area contributed by atoms with E-state index >= 15 is 0 Å². The Morgan fingerprint density at radius 3 is 2.73 bits per heavy atom. The van der Waals surface area contributed by atoms with E-state index in [9.17, 15) is 4.79 Å². The molecule has 0 radical (unpaired) electrons. The first-order valence-electron chi connectivity index (χ1n) is 9.52. The number of ether oxygens (including phenoxy) is 2. The van der Waals surface area contributed by atoms with Gasteiger partial charge in [-0.3, -0.25) is 4.79 Å². The van der Waals surface area contributed by atoms with Gasteiger partial charge in [-0.05, 0) is 68.9 Å². The smallest absolute Gasteiger partial charge is 0.224 e. The molecular formula is C22H27NO3. The zero-order valence-corrected chi connectivity index (χ0v) is 15.4. The van der Waals surface area contributed by atoms with Crippen LogP contribution in [0.2, 0.25) is 0 Å². The second kappa shape index (κ2) is 9.27. The maximum absolute atomic E-state index is 12.3. The third-order valence-electron chi connectivity index (χ3n) is 4.61. The second-order valence-electron chi connectivity index (χ2n) is 6.65. The van der Waals surface area contributed by atoms with E-state index in [4.69, 9.17) is 9.47 Å². The molecule has 138 valence electrons. The summed E-state index contributed by atoms with van der Waals surface area (Å²) in [6, 6.07) is 15.6. The SMILES string of the molecule is CCOc1ccccc1NC(=O)CCc1cccc(OC2CCCC2)c1. The van der Waals surface area contributed by atoms with Gasteiger partial charge in [-0.1, -0.05) is 24.3 Å². The van der Waals surface area contributed by atoms with Crippen molar-refractivity contribution in [3.05, 3.63) is 54.1 Å². The molecule has 2 aromatic rings. The van der Waals surface area contributed by atoms with Crippen LogP contribution in [0.15, 0.2) is 48.5 Å². The number of hydrogen-bond acceptors (Lipinski definition) is 3. The summed E-state index contributed by atoms with van der Waals surface area (Å²) in [5.41, 5.74) is 1.84. The topological polar surface area (TPSA) is 47.6 Å². The van der Waals surface area contributed by atoms with Gasteiger partial charge in [0.25, 0.3) is 0 Å². The van der Waals surface area contributed by atoms with Gasteiger partial charge in [0.2, 0.25) is 5.91 Å². The maximum Gasteiger partial charge on any atom is 0.224 e. The lowest BCUT2D eigenvalue weighted by Gasteiger charge is -2.14. The summed E-state index contributed by atoms with van der Waals surface area (Å²) in [7, 11) is 0. The van der Waals surface area contributed by atoms with E-state index in [1.54, 1.807) is 0 Å². The van der Waals surface area contributed by atoms with Crippen molar-refractivity contribution in [3.63, 3.8) is 0 Å². The van der Waals surface area contributed by atoms with E-state index < -0.39 is 0 Å². The molecule has 3 rings (SSSR count). The number of para-hydroxylation sites is 2. The van der Waals surface area contributed by atoms with Crippen molar-refractivity contribution in [2.75, 3.05) is 11.9 Å². The molecule has 1 aliphatic carbocycles. The number of anilines is 1. The molecule has 1 N–H and O–H groups in total. The highest BCUT2D eigenvalue weighted by Gasteiger charge is 2.16. The Labute approximate surface area is 155 Å². The number of carbonyl (C=O) groups is 1. The lowest BCUT2D eigenvalue weighted by molar-refractivity contribution is -0.116.